The minimum absolute atomic E-state index is 0.300. The quantitative estimate of drug-likeness (QED) is 0.582. The average molecular weight is 224 g/mol. The van der Waals surface area contributed by atoms with Crippen molar-refractivity contribution in [2.24, 2.45) is 0 Å². The molecule has 0 amide bonds. The van der Waals surface area contributed by atoms with Crippen LogP contribution in [-0.4, -0.2) is 19.7 Å². The molecule has 0 spiro atoms. The highest BCUT2D eigenvalue weighted by molar-refractivity contribution is 5.87. The monoisotopic (exact) mass is 224 g/mol. The fraction of sp³-hybridized carbons (Fsp3) is 0.250. The highest BCUT2D eigenvalue weighted by Crippen LogP contribution is 2.17. The van der Waals surface area contributed by atoms with Crippen LogP contribution in [0.1, 0.15) is 12.5 Å². The largest absolute Gasteiger partial charge is 0.497 e. The van der Waals surface area contributed by atoms with E-state index in [1.54, 1.807) is 13.0 Å². The van der Waals surface area contributed by atoms with Crippen molar-refractivity contribution in [3.8, 4) is 5.75 Å². The lowest BCUT2D eigenvalue weighted by molar-refractivity contribution is -0.137. The fourth-order valence-electron chi connectivity index (χ4n) is 1.12. The van der Waals surface area contributed by atoms with E-state index in [1.165, 1.54) is 31.4 Å². The molecule has 0 aromatic heterocycles. The molecule has 0 aliphatic heterocycles. The standard InChI is InChI=1S/C12H13FO3/c1-3-16-12(14)7-5-9-4-6-10(15-2)8-11(9)13/h4-8H,3H2,1-2H3. The van der Waals surface area contributed by atoms with Gasteiger partial charge in [-0.25, -0.2) is 9.18 Å². The van der Waals surface area contributed by atoms with Crippen molar-refractivity contribution in [2.75, 3.05) is 13.7 Å². The number of benzene rings is 1. The molecule has 0 aliphatic carbocycles. The number of carbonyl (C=O) groups is 1. The number of rotatable bonds is 4. The van der Waals surface area contributed by atoms with Gasteiger partial charge in [0.1, 0.15) is 11.6 Å². The highest BCUT2D eigenvalue weighted by Gasteiger charge is 2.01. The topological polar surface area (TPSA) is 35.5 Å². The van der Waals surface area contributed by atoms with E-state index in [9.17, 15) is 9.18 Å². The molecule has 1 aromatic rings. The Morgan fingerprint density at radius 3 is 2.81 bits per heavy atom. The average Bonchev–Trinajstić information content (AvgIpc) is 2.27. The number of hydrogen-bond acceptors (Lipinski definition) is 3. The Balaban J connectivity index is 2.78. The van der Waals surface area contributed by atoms with Gasteiger partial charge in [0.15, 0.2) is 0 Å². The van der Waals surface area contributed by atoms with Gasteiger partial charge in [-0.1, -0.05) is 0 Å². The molecular weight excluding hydrogens is 211 g/mol. The van der Waals surface area contributed by atoms with Crippen molar-refractivity contribution in [1.29, 1.82) is 0 Å². The second-order valence-corrected chi connectivity index (χ2v) is 2.97. The van der Waals surface area contributed by atoms with Crippen LogP contribution in [0.25, 0.3) is 6.08 Å². The van der Waals surface area contributed by atoms with Crippen LogP contribution in [-0.2, 0) is 9.53 Å². The minimum Gasteiger partial charge on any atom is -0.497 e. The maximum Gasteiger partial charge on any atom is 0.330 e. The van der Waals surface area contributed by atoms with E-state index in [2.05, 4.69) is 4.74 Å². The number of hydrogen-bond donors (Lipinski definition) is 0. The first-order valence-corrected chi connectivity index (χ1v) is 4.85. The first-order valence-electron chi connectivity index (χ1n) is 4.85. The molecule has 0 aliphatic rings. The molecule has 0 atom stereocenters. The number of halogens is 1. The summed E-state index contributed by atoms with van der Waals surface area (Å²) < 4.78 is 22.9. The summed E-state index contributed by atoms with van der Waals surface area (Å²) in [5.74, 6) is -0.497. The summed E-state index contributed by atoms with van der Waals surface area (Å²) >= 11 is 0. The van der Waals surface area contributed by atoms with Gasteiger partial charge >= 0.3 is 5.97 Å². The SMILES string of the molecule is CCOC(=O)C=Cc1ccc(OC)cc1F. The summed E-state index contributed by atoms with van der Waals surface area (Å²) in [6.45, 7) is 2.01. The molecule has 0 fully saturated rings. The van der Waals surface area contributed by atoms with E-state index in [1.807, 2.05) is 0 Å². The van der Waals surface area contributed by atoms with E-state index in [0.29, 0.717) is 17.9 Å². The van der Waals surface area contributed by atoms with Gasteiger partial charge < -0.3 is 9.47 Å². The van der Waals surface area contributed by atoms with Crippen LogP contribution < -0.4 is 4.74 Å². The predicted molar refractivity (Wildman–Crippen MR) is 58.6 cm³/mol. The lowest BCUT2D eigenvalue weighted by Gasteiger charge is -2.01. The molecule has 0 saturated carbocycles. The third-order valence-corrected chi connectivity index (χ3v) is 1.89. The van der Waals surface area contributed by atoms with E-state index in [4.69, 9.17) is 4.74 Å². The molecule has 0 bridgehead atoms. The van der Waals surface area contributed by atoms with Gasteiger partial charge in [-0.3, -0.25) is 0 Å². The predicted octanol–water partition coefficient (Wildman–Crippen LogP) is 2.41. The third-order valence-electron chi connectivity index (χ3n) is 1.89. The van der Waals surface area contributed by atoms with Gasteiger partial charge in [-0.15, -0.1) is 0 Å². The van der Waals surface area contributed by atoms with Gasteiger partial charge in [-0.2, -0.15) is 0 Å². The summed E-state index contributed by atoms with van der Waals surface area (Å²) in [6.07, 6.45) is 2.56. The molecule has 1 aromatic carbocycles. The van der Waals surface area contributed by atoms with Gasteiger partial charge in [0.05, 0.1) is 13.7 Å². The van der Waals surface area contributed by atoms with Crippen molar-refractivity contribution in [1.82, 2.24) is 0 Å². The van der Waals surface area contributed by atoms with Crippen molar-refractivity contribution < 1.29 is 18.7 Å². The lowest BCUT2D eigenvalue weighted by Crippen LogP contribution is -1.98. The van der Waals surface area contributed by atoms with Crippen LogP contribution in [0.15, 0.2) is 24.3 Å². The molecule has 3 nitrogen and oxygen atoms in total. The lowest BCUT2D eigenvalue weighted by atomic mass is 10.2. The Kier molecular flexibility index (Phi) is 4.51. The third kappa shape index (κ3) is 3.38. The van der Waals surface area contributed by atoms with E-state index in [0.717, 1.165) is 0 Å². The summed E-state index contributed by atoms with van der Waals surface area (Å²) in [4.78, 5) is 11.0. The number of esters is 1. The van der Waals surface area contributed by atoms with Gasteiger partial charge in [0.25, 0.3) is 0 Å². The van der Waals surface area contributed by atoms with Crippen LogP contribution in [0.5, 0.6) is 5.75 Å². The fourth-order valence-corrected chi connectivity index (χ4v) is 1.12. The maximum absolute atomic E-state index is 13.4. The van der Waals surface area contributed by atoms with Crippen LogP contribution in [0, 0.1) is 5.82 Å². The normalized spacial score (nSPS) is 10.4. The molecule has 0 saturated heterocycles. The zero-order valence-corrected chi connectivity index (χ0v) is 9.20. The molecular formula is C12H13FO3. The Morgan fingerprint density at radius 2 is 2.25 bits per heavy atom. The number of ether oxygens (including phenoxy) is 2. The molecule has 16 heavy (non-hydrogen) atoms. The zero-order chi connectivity index (χ0) is 12.0. The smallest absolute Gasteiger partial charge is 0.330 e. The number of methoxy groups -OCH3 is 1. The van der Waals surface area contributed by atoms with Crippen molar-refractivity contribution in [2.45, 2.75) is 6.92 Å². The van der Waals surface area contributed by atoms with Crippen LogP contribution in [0.4, 0.5) is 4.39 Å². The molecule has 86 valence electrons. The second kappa shape index (κ2) is 5.90. The Bertz CT molecular complexity index is 399. The van der Waals surface area contributed by atoms with Gasteiger partial charge in [-0.05, 0) is 25.1 Å². The molecule has 0 unspecified atom stereocenters. The van der Waals surface area contributed by atoms with Crippen LogP contribution >= 0.6 is 0 Å². The first kappa shape index (κ1) is 12.2. The first-order chi connectivity index (χ1) is 7.67. The molecule has 1 rings (SSSR count). The Labute approximate surface area is 93.5 Å². The molecule has 0 N–H and O–H groups in total. The minimum atomic E-state index is -0.488. The molecule has 0 radical (unpaired) electrons. The highest BCUT2D eigenvalue weighted by atomic mass is 19.1. The summed E-state index contributed by atoms with van der Waals surface area (Å²) in [5.41, 5.74) is 0.314. The number of carbonyl (C=O) groups excluding carboxylic acids is 1. The maximum atomic E-state index is 13.4. The second-order valence-electron chi connectivity index (χ2n) is 2.97. The van der Waals surface area contributed by atoms with Crippen molar-refractivity contribution >= 4 is 12.0 Å². The van der Waals surface area contributed by atoms with Crippen molar-refractivity contribution in [3.63, 3.8) is 0 Å². The summed E-state index contributed by atoms with van der Waals surface area (Å²) in [5, 5.41) is 0. The van der Waals surface area contributed by atoms with Crippen molar-refractivity contribution in [3.05, 3.63) is 35.7 Å². The van der Waals surface area contributed by atoms with Crippen LogP contribution in [0.3, 0.4) is 0 Å². The van der Waals surface area contributed by atoms with E-state index in [-0.39, 0.29) is 0 Å². The van der Waals surface area contributed by atoms with E-state index < -0.39 is 11.8 Å². The van der Waals surface area contributed by atoms with Crippen LogP contribution in [0.2, 0.25) is 0 Å². The summed E-state index contributed by atoms with van der Waals surface area (Å²) in [7, 11) is 1.46. The Morgan fingerprint density at radius 1 is 1.50 bits per heavy atom. The molecule has 0 heterocycles. The van der Waals surface area contributed by atoms with E-state index >= 15 is 0 Å². The van der Waals surface area contributed by atoms with Gasteiger partial charge in [0.2, 0.25) is 0 Å². The zero-order valence-electron chi connectivity index (χ0n) is 9.20. The Hall–Kier alpha value is -1.84. The molecule has 4 heteroatoms. The van der Waals surface area contributed by atoms with Gasteiger partial charge in [0, 0.05) is 17.7 Å². The summed E-state index contributed by atoms with van der Waals surface area (Å²) in [6, 6.07) is 4.41.